The maximum atomic E-state index is 12.8. The van der Waals surface area contributed by atoms with Crippen molar-refractivity contribution >= 4 is 39.4 Å². The van der Waals surface area contributed by atoms with Gasteiger partial charge in [0.25, 0.3) is 0 Å². The van der Waals surface area contributed by atoms with Gasteiger partial charge >= 0.3 is 0 Å². The van der Waals surface area contributed by atoms with Crippen molar-refractivity contribution in [1.82, 2.24) is 29.4 Å². The molecule has 5 rings (SSSR count). The number of nitrogens with one attached hydrogen (secondary N) is 1. The number of nitrogens with two attached hydrogens (primary N) is 1. The first-order chi connectivity index (χ1) is 15.0. The van der Waals surface area contributed by atoms with E-state index < -0.39 is 0 Å². The molecule has 160 valence electrons. The van der Waals surface area contributed by atoms with Crippen LogP contribution < -0.4 is 11.1 Å². The van der Waals surface area contributed by atoms with Crippen LogP contribution in [0.4, 0.5) is 10.9 Å². The lowest BCUT2D eigenvalue weighted by atomic mass is 9.85. The zero-order chi connectivity index (χ0) is 21.5. The Labute approximate surface area is 184 Å². The molecule has 4 heterocycles. The SMILES string of the molecule is C#Cc1nc(N)c2ncn(C3CCC(C(=O)Nc4nc5c(s4)CN(C)CC5)CC3)c2n1. The number of hydrogen-bond acceptors (Lipinski definition) is 8. The Bertz CT molecular complexity index is 1180. The molecule has 0 spiro atoms. The van der Waals surface area contributed by atoms with Gasteiger partial charge in [0, 0.05) is 36.3 Å². The van der Waals surface area contributed by atoms with Crippen LogP contribution in [-0.2, 0) is 17.8 Å². The van der Waals surface area contributed by atoms with Gasteiger partial charge in [0.1, 0.15) is 5.52 Å². The summed E-state index contributed by atoms with van der Waals surface area (Å²) in [5, 5.41) is 3.78. The molecule has 1 aliphatic carbocycles. The van der Waals surface area contributed by atoms with Gasteiger partial charge in [-0.2, -0.15) is 0 Å². The number of thiazole rings is 1. The van der Waals surface area contributed by atoms with E-state index >= 15 is 0 Å². The summed E-state index contributed by atoms with van der Waals surface area (Å²) in [7, 11) is 2.11. The Morgan fingerprint density at radius 1 is 1.29 bits per heavy atom. The second-order valence-corrected chi connectivity index (χ2v) is 9.36. The van der Waals surface area contributed by atoms with Gasteiger partial charge in [-0.05, 0) is 38.7 Å². The first-order valence-corrected chi connectivity index (χ1v) is 11.3. The maximum Gasteiger partial charge on any atom is 0.229 e. The number of amides is 1. The lowest BCUT2D eigenvalue weighted by Gasteiger charge is -2.28. The normalized spacial score (nSPS) is 21.5. The highest BCUT2D eigenvalue weighted by Crippen LogP contribution is 2.35. The quantitative estimate of drug-likeness (QED) is 0.605. The summed E-state index contributed by atoms with van der Waals surface area (Å²) in [6, 6.07) is 0.205. The first-order valence-electron chi connectivity index (χ1n) is 10.5. The van der Waals surface area contributed by atoms with Gasteiger partial charge in [-0.1, -0.05) is 0 Å². The molecule has 0 saturated heterocycles. The molecule has 3 aromatic rings. The largest absolute Gasteiger partial charge is 0.382 e. The van der Waals surface area contributed by atoms with Crippen LogP contribution in [0.2, 0.25) is 0 Å². The van der Waals surface area contributed by atoms with Gasteiger partial charge in [0.05, 0.1) is 12.0 Å². The highest BCUT2D eigenvalue weighted by Gasteiger charge is 2.29. The van der Waals surface area contributed by atoms with Crippen molar-refractivity contribution in [1.29, 1.82) is 0 Å². The van der Waals surface area contributed by atoms with Gasteiger partial charge in [-0.15, -0.1) is 17.8 Å². The second-order valence-electron chi connectivity index (χ2n) is 8.27. The van der Waals surface area contributed by atoms with Crippen molar-refractivity contribution in [3.63, 3.8) is 0 Å². The van der Waals surface area contributed by atoms with E-state index in [1.165, 1.54) is 4.88 Å². The smallest absolute Gasteiger partial charge is 0.229 e. The lowest BCUT2D eigenvalue weighted by Crippen LogP contribution is -2.28. The molecule has 0 unspecified atom stereocenters. The number of carbonyl (C=O) groups is 1. The minimum Gasteiger partial charge on any atom is -0.382 e. The van der Waals surface area contributed by atoms with E-state index in [0.29, 0.717) is 17.0 Å². The average molecular weight is 437 g/mol. The molecule has 1 saturated carbocycles. The number of nitrogen functional groups attached to an aromatic ring is 1. The van der Waals surface area contributed by atoms with Gasteiger partial charge in [-0.3, -0.25) is 4.79 Å². The van der Waals surface area contributed by atoms with Gasteiger partial charge in [0.2, 0.25) is 11.7 Å². The number of anilines is 2. The molecule has 0 atom stereocenters. The Kier molecular flexibility index (Phi) is 5.08. The van der Waals surface area contributed by atoms with Crippen molar-refractivity contribution in [2.45, 2.75) is 44.7 Å². The molecular formula is C21H24N8OS. The number of hydrogen-bond donors (Lipinski definition) is 2. The number of carbonyl (C=O) groups excluding carboxylic acids is 1. The predicted molar refractivity (Wildman–Crippen MR) is 119 cm³/mol. The van der Waals surface area contributed by atoms with E-state index in [-0.39, 0.29) is 23.7 Å². The molecule has 9 nitrogen and oxygen atoms in total. The van der Waals surface area contributed by atoms with Gasteiger partial charge < -0.3 is 20.5 Å². The van der Waals surface area contributed by atoms with E-state index in [1.807, 2.05) is 4.57 Å². The van der Waals surface area contributed by atoms with Crippen molar-refractivity contribution in [2.75, 3.05) is 24.6 Å². The van der Waals surface area contributed by atoms with Crippen molar-refractivity contribution in [3.05, 3.63) is 22.7 Å². The van der Waals surface area contributed by atoms with Crippen LogP contribution in [0.25, 0.3) is 11.2 Å². The van der Waals surface area contributed by atoms with E-state index in [0.717, 1.165) is 56.0 Å². The third-order valence-electron chi connectivity index (χ3n) is 6.19. The number of rotatable bonds is 3. The van der Waals surface area contributed by atoms with Crippen LogP contribution in [0.5, 0.6) is 0 Å². The summed E-state index contributed by atoms with van der Waals surface area (Å²) in [4.78, 5) is 33.9. The molecule has 0 aromatic carbocycles. The first kappa shape index (κ1) is 19.9. The van der Waals surface area contributed by atoms with Crippen molar-refractivity contribution in [3.8, 4) is 12.3 Å². The molecule has 1 fully saturated rings. The highest BCUT2D eigenvalue weighted by atomic mass is 32.1. The third-order valence-corrected chi connectivity index (χ3v) is 7.19. The highest BCUT2D eigenvalue weighted by molar-refractivity contribution is 7.15. The molecule has 1 amide bonds. The van der Waals surface area contributed by atoms with E-state index in [4.69, 9.17) is 12.2 Å². The van der Waals surface area contributed by atoms with Crippen LogP contribution in [0.1, 0.15) is 48.1 Å². The summed E-state index contributed by atoms with van der Waals surface area (Å²) in [6.07, 6.45) is 11.5. The Morgan fingerprint density at radius 3 is 2.87 bits per heavy atom. The van der Waals surface area contributed by atoms with Crippen LogP contribution in [0, 0.1) is 18.3 Å². The summed E-state index contributed by atoms with van der Waals surface area (Å²) in [5.41, 5.74) is 8.32. The lowest BCUT2D eigenvalue weighted by molar-refractivity contribution is -0.120. The topological polar surface area (TPSA) is 115 Å². The Morgan fingerprint density at radius 2 is 2.10 bits per heavy atom. The van der Waals surface area contributed by atoms with Crippen LogP contribution in [0.3, 0.4) is 0 Å². The summed E-state index contributed by atoms with van der Waals surface area (Å²) in [5.74, 6) is 3.04. The van der Waals surface area contributed by atoms with Gasteiger partial charge in [-0.25, -0.2) is 19.9 Å². The Hall–Kier alpha value is -3.03. The van der Waals surface area contributed by atoms with Crippen LogP contribution in [0.15, 0.2) is 6.33 Å². The van der Waals surface area contributed by atoms with Crippen LogP contribution in [-0.4, -0.2) is 48.9 Å². The molecule has 10 heteroatoms. The standard InChI is InChI=1S/C21H24N8OS/c1-3-16-25-18(22)17-19(26-16)29(11-23-17)13-6-4-12(5-7-13)20(30)27-21-24-14-8-9-28(2)10-15(14)31-21/h1,11-13H,4-10H2,2H3,(H2,22,25,26)(H,24,27,30). The fourth-order valence-corrected chi connectivity index (χ4v) is 5.56. The number of likely N-dealkylation sites (N-methyl/N-ethyl adjacent to an activating group) is 1. The minimum absolute atomic E-state index is 0.0180. The Balaban J connectivity index is 1.25. The summed E-state index contributed by atoms with van der Waals surface area (Å²) >= 11 is 1.60. The monoisotopic (exact) mass is 436 g/mol. The zero-order valence-electron chi connectivity index (χ0n) is 17.3. The van der Waals surface area contributed by atoms with Crippen molar-refractivity contribution < 1.29 is 4.79 Å². The number of fused-ring (bicyclic) bond motifs is 2. The molecule has 31 heavy (non-hydrogen) atoms. The second kappa shape index (κ2) is 7.90. The maximum absolute atomic E-state index is 12.8. The number of nitrogens with zero attached hydrogens (tertiary/aromatic N) is 6. The fraction of sp³-hybridized carbons (Fsp3) is 0.476. The molecule has 0 radical (unpaired) electrons. The number of imidazole rings is 1. The molecular weight excluding hydrogens is 412 g/mol. The number of terminal acetylenes is 1. The van der Waals surface area contributed by atoms with E-state index in [2.05, 4.69) is 43.1 Å². The number of aromatic nitrogens is 5. The summed E-state index contributed by atoms with van der Waals surface area (Å²) < 4.78 is 2.02. The van der Waals surface area contributed by atoms with E-state index in [9.17, 15) is 4.79 Å². The zero-order valence-corrected chi connectivity index (χ0v) is 18.2. The molecule has 0 bridgehead atoms. The predicted octanol–water partition coefficient (Wildman–Crippen LogP) is 2.20. The third kappa shape index (κ3) is 3.75. The summed E-state index contributed by atoms with van der Waals surface area (Å²) in [6.45, 7) is 1.92. The van der Waals surface area contributed by atoms with Gasteiger partial charge in [0.15, 0.2) is 16.6 Å². The molecule has 2 aliphatic rings. The fourth-order valence-electron chi connectivity index (χ4n) is 4.47. The van der Waals surface area contributed by atoms with Crippen LogP contribution >= 0.6 is 11.3 Å². The van der Waals surface area contributed by atoms with Crippen molar-refractivity contribution in [2.24, 2.45) is 5.92 Å². The average Bonchev–Trinajstić information content (AvgIpc) is 3.37. The minimum atomic E-state index is -0.0180. The molecule has 1 aliphatic heterocycles. The molecule has 3 aromatic heterocycles. The molecule has 3 N–H and O–H groups in total. The van der Waals surface area contributed by atoms with E-state index in [1.54, 1.807) is 17.7 Å².